The van der Waals surface area contributed by atoms with Crippen molar-refractivity contribution in [3.8, 4) is 0 Å². The first-order chi connectivity index (χ1) is 10.0. The minimum atomic E-state index is -0.590. The Labute approximate surface area is 123 Å². The summed E-state index contributed by atoms with van der Waals surface area (Å²) >= 11 is 0. The second-order valence-corrected chi connectivity index (χ2v) is 5.04. The van der Waals surface area contributed by atoms with Crippen LogP contribution in [0.2, 0.25) is 0 Å². The van der Waals surface area contributed by atoms with Gasteiger partial charge in [0.1, 0.15) is 0 Å². The first kappa shape index (κ1) is 15.2. The Balaban J connectivity index is 2.39. The van der Waals surface area contributed by atoms with E-state index in [4.69, 9.17) is 0 Å². The van der Waals surface area contributed by atoms with Gasteiger partial charge >= 0.3 is 0 Å². The summed E-state index contributed by atoms with van der Waals surface area (Å²) in [6, 6.07) is 8.85. The average molecular weight is 285 g/mol. The van der Waals surface area contributed by atoms with Gasteiger partial charge in [0.15, 0.2) is 5.78 Å². The highest BCUT2D eigenvalue weighted by atomic mass is 16.2. The summed E-state index contributed by atoms with van der Waals surface area (Å²) in [5, 5.41) is 0. The Hall–Kier alpha value is -2.23. The lowest BCUT2D eigenvalue weighted by Crippen LogP contribution is -2.45. The van der Waals surface area contributed by atoms with Crippen LogP contribution in [0.15, 0.2) is 39.9 Å². The highest BCUT2D eigenvalue weighted by Gasteiger charge is 2.31. The summed E-state index contributed by atoms with van der Waals surface area (Å²) in [5.74, 6) is -0.718. The second kappa shape index (κ2) is 6.04. The quantitative estimate of drug-likeness (QED) is 0.602. The molecule has 0 fully saturated rings. The molecule has 0 heterocycles. The number of hydrogen-bond acceptors (Lipinski definition) is 4. The Kier molecular flexibility index (Phi) is 4.36. The summed E-state index contributed by atoms with van der Waals surface area (Å²) in [6.45, 7) is 6.82. The van der Waals surface area contributed by atoms with Gasteiger partial charge in [-0.2, -0.15) is 0 Å². The monoisotopic (exact) mass is 285 g/mol. The van der Waals surface area contributed by atoms with Crippen molar-refractivity contribution in [2.45, 2.75) is 26.7 Å². The zero-order valence-corrected chi connectivity index (χ0v) is 12.6. The molecule has 0 bridgehead atoms. The van der Waals surface area contributed by atoms with E-state index in [9.17, 15) is 14.4 Å². The Bertz CT molecular complexity index is 707. The van der Waals surface area contributed by atoms with E-state index in [-0.39, 0.29) is 5.78 Å². The van der Waals surface area contributed by atoms with Gasteiger partial charge in [0.25, 0.3) is 0 Å². The minimum absolute atomic E-state index is 0.129. The molecule has 0 radical (unpaired) electrons. The van der Waals surface area contributed by atoms with Crippen molar-refractivity contribution < 1.29 is 4.79 Å². The molecule has 4 nitrogen and oxygen atoms in total. The molecular formula is C17H19NO3. The zero-order valence-electron chi connectivity index (χ0n) is 12.6. The van der Waals surface area contributed by atoms with Crippen LogP contribution in [0.1, 0.15) is 42.6 Å². The summed E-state index contributed by atoms with van der Waals surface area (Å²) in [6.07, 6.45) is 0. The molecule has 0 aromatic heterocycles. The largest absolute Gasteiger partial charge is 0.368 e. The molecule has 4 heteroatoms. The van der Waals surface area contributed by atoms with Crippen LogP contribution in [0.3, 0.4) is 0 Å². The number of ketones is 1. The molecule has 0 saturated carbocycles. The average Bonchev–Trinajstić information content (AvgIpc) is 2.54. The first-order valence-electron chi connectivity index (χ1n) is 7.20. The number of anilines is 1. The van der Waals surface area contributed by atoms with E-state index in [0.29, 0.717) is 29.9 Å². The summed E-state index contributed by atoms with van der Waals surface area (Å²) in [5.41, 5.74) is 0.345. The van der Waals surface area contributed by atoms with Crippen LogP contribution in [-0.2, 0) is 0 Å². The van der Waals surface area contributed by atoms with Crippen LogP contribution in [0.4, 0.5) is 5.69 Å². The maximum absolute atomic E-state index is 12.5. The predicted molar refractivity (Wildman–Crippen MR) is 84.1 cm³/mol. The van der Waals surface area contributed by atoms with Gasteiger partial charge in [0.2, 0.25) is 10.9 Å². The topological polar surface area (TPSA) is 54.5 Å². The van der Waals surface area contributed by atoms with Crippen molar-refractivity contribution in [2.75, 3.05) is 18.0 Å². The van der Waals surface area contributed by atoms with Gasteiger partial charge in [-0.05, 0) is 13.8 Å². The molecule has 0 aliphatic heterocycles. The van der Waals surface area contributed by atoms with Crippen molar-refractivity contribution in [3.63, 3.8) is 0 Å². The lowest BCUT2D eigenvalue weighted by Gasteiger charge is -2.26. The number of carbonyl (C=O) groups is 1. The molecule has 21 heavy (non-hydrogen) atoms. The zero-order chi connectivity index (χ0) is 15.6. The van der Waals surface area contributed by atoms with E-state index in [1.165, 1.54) is 0 Å². The fourth-order valence-corrected chi connectivity index (χ4v) is 2.64. The van der Waals surface area contributed by atoms with E-state index < -0.39 is 16.8 Å². The van der Waals surface area contributed by atoms with Crippen LogP contribution in [-0.4, -0.2) is 18.9 Å². The van der Waals surface area contributed by atoms with Crippen LogP contribution in [0, 0.1) is 0 Å². The molecule has 110 valence electrons. The van der Waals surface area contributed by atoms with Crippen LogP contribution in [0.25, 0.3) is 0 Å². The molecule has 0 spiro atoms. The van der Waals surface area contributed by atoms with Crippen molar-refractivity contribution >= 4 is 11.5 Å². The van der Waals surface area contributed by atoms with Gasteiger partial charge in [0.05, 0.1) is 11.6 Å². The van der Waals surface area contributed by atoms with E-state index in [1.807, 2.05) is 24.8 Å². The molecule has 0 saturated heterocycles. The molecule has 0 aliphatic carbocycles. The van der Waals surface area contributed by atoms with Crippen LogP contribution in [0.5, 0.6) is 0 Å². The Morgan fingerprint density at radius 1 is 1.05 bits per heavy atom. The number of Topliss-reactive ketones (excluding diaryl/α,β-unsaturated/α-hetero) is 1. The van der Waals surface area contributed by atoms with Crippen molar-refractivity contribution in [1.29, 1.82) is 0 Å². The van der Waals surface area contributed by atoms with Crippen molar-refractivity contribution in [2.24, 2.45) is 0 Å². The standard InChI is InChI=1S/C17H19NO3/c1-4-18(5-2)14-13(16(20)17(14)21)11(3)15(19)12-9-7-6-8-10-12/h6-11H,4-5H2,1-3H3. The molecule has 2 rings (SSSR count). The SMILES string of the molecule is CCN(CC)c1c(C(C)C(=O)c2ccccc2)c(=O)c1=O. The Morgan fingerprint density at radius 2 is 1.62 bits per heavy atom. The van der Waals surface area contributed by atoms with E-state index in [0.717, 1.165) is 0 Å². The second-order valence-electron chi connectivity index (χ2n) is 5.04. The molecule has 0 amide bonds. The van der Waals surface area contributed by atoms with E-state index in [1.54, 1.807) is 31.2 Å². The summed E-state index contributed by atoms with van der Waals surface area (Å²) in [4.78, 5) is 38.0. The third-order valence-corrected chi connectivity index (χ3v) is 3.89. The van der Waals surface area contributed by atoms with Gasteiger partial charge in [-0.3, -0.25) is 14.4 Å². The van der Waals surface area contributed by atoms with Crippen molar-refractivity contribution in [3.05, 3.63) is 61.9 Å². The number of nitrogens with zero attached hydrogens (tertiary/aromatic N) is 1. The number of rotatable bonds is 6. The smallest absolute Gasteiger partial charge is 0.249 e. The number of benzene rings is 1. The molecule has 0 aliphatic rings. The molecule has 1 atom stereocenters. The maximum atomic E-state index is 12.5. The lowest BCUT2D eigenvalue weighted by atomic mass is 9.87. The van der Waals surface area contributed by atoms with Gasteiger partial charge in [-0.15, -0.1) is 0 Å². The summed E-state index contributed by atoms with van der Waals surface area (Å²) in [7, 11) is 0. The van der Waals surface area contributed by atoms with E-state index in [2.05, 4.69) is 0 Å². The third-order valence-electron chi connectivity index (χ3n) is 3.89. The van der Waals surface area contributed by atoms with Crippen molar-refractivity contribution in [1.82, 2.24) is 0 Å². The molecule has 2 aromatic carbocycles. The van der Waals surface area contributed by atoms with E-state index >= 15 is 0 Å². The van der Waals surface area contributed by atoms with Crippen LogP contribution < -0.4 is 15.8 Å². The van der Waals surface area contributed by atoms with Gasteiger partial charge in [0, 0.05) is 24.2 Å². The normalized spacial score (nSPS) is 12.3. The predicted octanol–water partition coefficient (Wildman–Crippen LogP) is 2.12. The fourth-order valence-electron chi connectivity index (χ4n) is 2.64. The van der Waals surface area contributed by atoms with Gasteiger partial charge in [-0.25, -0.2) is 0 Å². The van der Waals surface area contributed by atoms with Gasteiger partial charge < -0.3 is 4.90 Å². The highest BCUT2D eigenvalue weighted by Crippen LogP contribution is 2.26. The molecule has 1 unspecified atom stereocenters. The summed E-state index contributed by atoms with van der Waals surface area (Å²) < 4.78 is 0. The first-order valence-corrected chi connectivity index (χ1v) is 7.20. The molecule has 2 aromatic rings. The Morgan fingerprint density at radius 3 is 2.14 bits per heavy atom. The maximum Gasteiger partial charge on any atom is 0.249 e. The number of carbonyl (C=O) groups excluding carboxylic acids is 1. The lowest BCUT2D eigenvalue weighted by molar-refractivity contribution is 0.0965. The fraction of sp³-hybridized carbons (Fsp3) is 0.353. The third kappa shape index (κ3) is 2.53. The molecular weight excluding hydrogens is 266 g/mol. The number of hydrogen-bond donors (Lipinski definition) is 0. The highest BCUT2D eigenvalue weighted by molar-refractivity contribution is 6.01. The molecule has 0 N–H and O–H groups in total. The van der Waals surface area contributed by atoms with Gasteiger partial charge in [-0.1, -0.05) is 37.3 Å². The minimum Gasteiger partial charge on any atom is -0.368 e. The van der Waals surface area contributed by atoms with Crippen LogP contribution >= 0.6 is 0 Å².